The molecule has 6 nitrogen and oxygen atoms in total. The Morgan fingerprint density at radius 3 is 2.57 bits per heavy atom. The minimum Gasteiger partial charge on any atom is -0.367 e. The van der Waals surface area contributed by atoms with Gasteiger partial charge >= 0.3 is 5.69 Å². The fourth-order valence-electron chi connectivity index (χ4n) is 2.33. The number of hydrogen-bond donors (Lipinski definition) is 1. The van der Waals surface area contributed by atoms with Gasteiger partial charge in [-0.3, -0.25) is 9.13 Å². The van der Waals surface area contributed by atoms with E-state index in [1.54, 1.807) is 27.7 Å². The van der Waals surface area contributed by atoms with Crippen LogP contribution in [0.2, 0.25) is 0 Å². The Kier molecular flexibility index (Phi) is 3.13. The minimum absolute atomic E-state index is 0.0903. The monoisotopic (exact) mass is 284 g/mol. The van der Waals surface area contributed by atoms with Gasteiger partial charge in [0.2, 0.25) is 5.88 Å². The number of nitrogen functional groups attached to an aromatic ring is 1. The summed E-state index contributed by atoms with van der Waals surface area (Å²) in [6.45, 7) is 3.94. The van der Waals surface area contributed by atoms with E-state index in [9.17, 15) is 4.79 Å². The molecule has 6 heteroatoms. The Morgan fingerprint density at radius 2 is 1.95 bits per heavy atom. The molecule has 0 fully saturated rings. The summed E-state index contributed by atoms with van der Waals surface area (Å²) in [6, 6.07) is 7.62. The number of anilines is 1. The van der Waals surface area contributed by atoms with Crippen molar-refractivity contribution in [3.8, 4) is 16.8 Å². The Labute approximate surface area is 121 Å². The van der Waals surface area contributed by atoms with Gasteiger partial charge < -0.3 is 10.3 Å². The maximum atomic E-state index is 12.5. The average Bonchev–Trinajstić information content (AvgIpc) is 3.05. The molecule has 0 aliphatic rings. The van der Waals surface area contributed by atoms with E-state index >= 15 is 0 Å². The molecule has 2 heterocycles. The van der Waals surface area contributed by atoms with E-state index in [0.717, 1.165) is 11.3 Å². The average molecular weight is 284 g/mol. The van der Waals surface area contributed by atoms with Crippen LogP contribution >= 0.6 is 0 Å². The summed E-state index contributed by atoms with van der Waals surface area (Å²) in [5.74, 6) is 0.235. The predicted molar refractivity (Wildman–Crippen MR) is 80.3 cm³/mol. The molecular weight excluding hydrogens is 268 g/mol. The highest BCUT2D eigenvalue weighted by atomic mass is 16.5. The van der Waals surface area contributed by atoms with Crippen molar-refractivity contribution in [3.05, 3.63) is 53.3 Å². The van der Waals surface area contributed by atoms with E-state index in [-0.39, 0.29) is 17.6 Å². The van der Waals surface area contributed by atoms with Crippen LogP contribution in [0.25, 0.3) is 16.8 Å². The quantitative estimate of drug-likeness (QED) is 0.801. The van der Waals surface area contributed by atoms with Gasteiger partial charge in [-0.25, -0.2) is 4.79 Å². The van der Waals surface area contributed by atoms with Crippen LogP contribution in [0.3, 0.4) is 0 Å². The van der Waals surface area contributed by atoms with Gasteiger partial charge in [-0.2, -0.15) is 0 Å². The number of para-hydroxylation sites is 1. The molecule has 0 atom stereocenters. The van der Waals surface area contributed by atoms with E-state index in [0.29, 0.717) is 5.56 Å². The summed E-state index contributed by atoms with van der Waals surface area (Å²) in [4.78, 5) is 12.5. The molecule has 0 aliphatic heterocycles. The number of nitrogens with two attached hydrogens (primary N) is 1. The van der Waals surface area contributed by atoms with Gasteiger partial charge in [0.25, 0.3) is 0 Å². The molecule has 108 valence electrons. The van der Waals surface area contributed by atoms with Crippen LogP contribution in [-0.2, 0) is 0 Å². The second kappa shape index (κ2) is 4.97. The van der Waals surface area contributed by atoms with Crippen molar-refractivity contribution in [2.24, 2.45) is 0 Å². The first kappa shape index (κ1) is 13.2. The highest BCUT2D eigenvalue weighted by Gasteiger charge is 2.15. The normalized spacial score (nSPS) is 11.2. The van der Waals surface area contributed by atoms with Gasteiger partial charge in [-0.05, 0) is 19.9 Å². The standard InChI is InChI=1S/C15H16N4O2/c1-10(2)18-7-8-19(15(18)20)13-6-4-3-5-11(13)12-9-17-21-14(12)16/h3-10H,16H2,1-2H3. The van der Waals surface area contributed by atoms with E-state index in [4.69, 9.17) is 10.3 Å². The number of benzene rings is 1. The van der Waals surface area contributed by atoms with Crippen molar-refractivity contribution in [1.29, 1.82) is 0 Å². The highest BCUT2D eigenvalue weighted by molar-refractivity contribution is 5.78. The van der Waals surface area contributed by atoms with Crippen LogP contribution in [-0.4, -0.2) is 14.3 Å². The van der Waals surface area contributed by atoms with Crippen molar-refractivity contribution in [2.75, 3.05) is 5.73 Å². The van der Waals surface area contributed by atoms with Crippen LogP contribution in [0.1, 0.15) is 19.9 Å². The molecule has 2 N–H and O–H groups in total. The zero-order chi connectivity index (χ0) is 15.0. The van der Waals surface area contributed by atoms with E-state index in [1.165, 1.54) is 0 Å². The number of nitrogens with zero attached hydrogens (tertiary/aromatic N) is 3. The summed E-state index contributed by atoms with van der Waals surface area (Å²) in [5, 5.41) is 3.70. The van der Waals surface area contributed by atoms with Crippen molar-refractivity contribution >= 4 is 5.88 Å². The van der Waals surface area contributed by atoms with Gasteiger partial charge in [0, 0.05) is 24.0 Å². The van der Waals surface area contributed by atoms with E-state index in [2.05, 4.69) is 5.16 Å². The Balaban J connectivity index is 2.21. The molecule has 0 amide bonds. The molecule has 21 heavy (non-hydrogen) atoms. The van der Waals surface area contributed by atoms with Gasteiger partial charge in [0.1, 0.15) is 0 Å². The van der Waals surface area contributed by atoms with Crippen molar-refractivity contribution < 1.29 is 4.52 Å². The maximum Gasteiger partial charge on any atom is 0.332 e. The van der Waals surface area contributed by atoms with Crippen molar-refractivity contribution in [1.82, 2.24) is 14.3 Å². The third-order valence-corrected chi connectivity index (χ3v) is 3.41. The molecule has 1 aromatic carbocycles. The van der Waals surface area contributed by atoms with Crippen molar-refractivity contribution in [3.63, 3.8) is 0 Å². The Bertz CT molecular complexity index is 826. The fourth-order valence-corrected chi connectivity index (χ4v) is 2.33. The van der Waals surface area contributed by atoms with E-state index in [1.807, 2.05) is 38.1 Å². The molecule has 3 rings (SSSR count). The zero-order valence-corrected chi connectivity index (χ0v) is 11.9. The zero-order valence-electron chi connectivity index (χ0n) is 11.9. The summed E-state index contributed by atoms with van der Waals surface area (Å²) >= 11 is 0. The van der Waals surface area contributed by atoms with Crippen LogP contribution in [0, 0.1) is 0 Å². The number of rotatable bonds is 3. The van der Waals surface area contributed by atoms with Gasteiger partial charge in [-0.15, -0.1) is 0 Å². The number of hydrogen-bond acceptors (Lipinski definition) is 4. The first-order valence-electron chi connectivity index (χ1n) is 6.69. The van der Waals surface area contributed by atoms with Gasteiger partial charge in [0.05, 0.1) is 17.4 Å². The Morgan fingerprint density at radius 1 is 1.19 bits per heavy atom. The summed E-state index contributed by atoms with van der Waals surface area (Å²) in [5.41, 5.74) is 7.93. The molecule has 0 saturated carbocycles. The third kappa shape index (κ3) is 2.14. The molecule has 0 saturated heterocycles. The second-order valence-electron chi connectivity index (χ2n) is 5.07. The topological polar surface area (TPSA) is 79.0 Å². The minimum atomic E-state index is -0.0903. The van der Waals surface area contributed by atoms with Crippen LogP contribution in [0.4, 0.5) is 5.88 Å². The molecule has 0 radical (unpaired) electrons. The number of aromatic nitrogens is 3. The SMILES string of the molecule is CC(C)n1ccn(-c2ccccc2-c2cnoc2N)c1=O. The lowest BCUT2D eigenvalue weighted by Gasteiger charge is -2.09. The molecule has 0 spiro atoms. The molecule has 0 bridgehead atoms. The highest BCUT2D eigenvalue weighted by Crippen LogP contribution is 2.30. The van der Waals surface area contributed by atoms with Gasteiger partial charge in [-0.1, -0.05) is 23.4 Å². The van der Waals surface area contributed by atoms with Gasteiger partial charge in [0.15, 0.2) is 0 Å². The summed E-state index contributed by atoms with van der Waals surface area (Å²) in [6.07, 6.45) is 5.09. The molecule has 0 unspecified atom stereocenters. The lowest BCUT2D eigenvalue weighted by Crippen LogP contribution is -2.24. The fraction of sp³-hybridized carbons (Fsp3) is 0.200. The van der Waals surface area contributed by atoms with Crippen LogP contribution in [0.5, 0.6) is 0 Å². The molecule has 3 aromatic rings. The largest absolute Gasteiger partial charge is 0.367 e. The van der Waals surface area contributed by atoms with E-state index < -0.39 is 0 Å². The number of imidazole rings is 1. The lowest BCUT2D eigenvalue weighted by molar-refractivity contribution is 0.436. The second-order valence-corrected chi connectivity index (χ2v) is 5.07. The lowest BCUT2D eigenvalue weighted by atomic mass is 10.1. The van der Waals surface area contributed by atoms with Crippen LogP contribution in [0.15, 0.2) is 52.2 Å². The first-order valence-corrected chi connectivity index (χ1v) is 6.69. The maximum absolute atomic E-state index is 12.5. The van der Waals surface area contributed by atoms with Crippen molar-refractivity contribution in [2.45, 2.75) is 19.9 Å². The summed E-state index contributed by atoms with van der Waals surface area (Å²) in [7, 11) is 0. The Hall–Kier alpha value is -2.76. The summed E-state index contributed by atoms with van der Waals surface area (Å²) < 4.78 is 8.19. The molecular formula is C15H16N4O2. The molecule has 2 aromatic heterocycles. The predicted octanol–water partition coefficient (Wildman–Crippen LogP) is 2.46. The third-order valence-electron chi connectivity index (χ3n) is 3.41. The first-order chi connectivity index (χ1) is 10.1. The molecule has 0 aliphatic carbocycles. The van der Waals surface area contributed by atoms with Crippen LogP contribution < -0.4 is 11.4 Å². The smallest absolute Gasteiger partial charge is 0.332 e.